The summed E-state index contributed by atoms with van der Waals surface area (Å²) in [4.78, 5) is 16.3. The highest BCUT2D eigenvalue weighted by molar-refractivity contribution is 5.99. The zero-order chi connectivity index (χ0) is 13.0. The molecule has 0 aromatic carbocycles. The van der Waals surface area contributed by atoms with E-state index < -0.39 is 0 Å². The Bertz CT molecular complexity index is 548. The van der Waals surface area contributed by atoms with E-state index in [2.05, 4.69) is 10.3 Å². The highest BCUT2D eigenvalue weighted by atomic mass is 16.5. The van der Waals surface area contributed by atoms with Crippen molar-refractivity contribution in [3.05, 3.63) is 35.9 Å². The third-order valence-electron chi connectivity index (χ3n) is 2.75. The minimum atomic E-state index is -0.136. The molecule has 2 rings (SSSR count). The van der Waals surface area contributed by atoms with Gasteiger partial charge in [-0.15, -0.1) is 0 Å². The van der Waals surface area contributed by atoms with Crippen LogP contribution in [-0.2, 0) is 4.74 Å². The van der Waals surface area contributed by atoms with Gasteiger partial charge in [0.1, 0.15) is 5.82 Å². The molecule has 1 amide bonds. The Morgan fingerprint density at radius 3 is 3.11 bits per heavy atom. The van der Waals surface area contributed by atoms with E-state index in [1.807, 2.05) is 35.7 Å². The van der Waals surface area contributed by atoms with E-state index in [-0.39, 0.29) is 5.91 Å². The summed E-state index contributed by atoms with van der Waals surface area (Å²) in [6.07, 6.45) is 2.70. The normalized spacial score (nSPS) is 10.8. The number of pyridine rings is 1. The Morgan fingerprint density at radius 2 is 2.33 bits per heavy atom. The van der Waals surface area contributed by atoms with Crippen molar-refractivity contribution in [1.29, 1.82) is 0 Å². The smallest absolute Gasteiger partial charge is 0.272 e. The van der Waals surface area contributed by atoms with Gasteiger partial charge in [0.15, 0.2) is 5.69 Å². The average molecular weight is 247 g/mol. The van der Waals surface area contributed by atoms with Crippen molar-refractivity contribution >= 4 is 11.4 Å². The SMILES string of the molecule is COCCCNC(=O)c1nc(C)n2ccccc12. The predicted octanol–water partition coefficient (Wildman–Crippen LogP) is 1.41. The van der Waals surface area contributed by atoms with Gasteiger partial charge in [0.25, 0.3) is 5.91 Å². The molecular weight excluding hydrogens is 230 g/mol. The van der Waals surface area contributed by atoms with Crippen LogP contribution in [0.15, 0.2) is 24.4 Å². The molecule has 5 heteroatoms. The maximum absolute atomic E-state index is 12.0. The molecule has 0 aliphatic rings. The summed E-state index contributed by atoms with van der Waals surface area (Å²) in [5.41, 5.74) is 1.31. The van der Waals surface area contributed by atoms with Crippen LogP contribution in [0, 0.1) is 6.92 Å². The Balaban J connectivity index is 2.13. The van der Waals surface area contributed by atoms with Crippen LogP contribution in [0.1, 0.15) is 22.7 Å². The first kappa shape index (κ1) is 12.6. The quantitative estimate of drug-likeness (QED) is 0.813. The fraction of sp³-hybridized carbons (Fsp3) is 0.385. The molecule has 0 saturated carbocycles. The number of nitrogens with zero attached hydrogens (tertiary/aromatic N) is 2. The molecule has 0 aliphatic carbocycles. The van der Waals surface area contributed by atoms with Gasteiger partial charge in [-0.25, -0.2) is 4.98 Å². The summed E-state index contributed by atoms with van der Waals surface area (Å²) in [5.74, 6) is 0.676. The lowest BCUT2D eigenvalue weighted by molar-refractivity contribution is 0.0945. The Hall–Kier alpha value is -1.88. The first-order chi connectivity index (χ1) is 8.74. The van der Waals surface area contributed by atoms with Gasteiger partial charge in [0.05, 0.1) is 5.52 Å². The minimum absolute atomic E-state index is 0.136. The number of hydrogen-bond acceptors (Lipinski definition) is 3. The number of carbonyl (C=O) groups is 1. The highest BCUT2D eigenvalue weighted by Crippen LogP contribution is 2.12. The van der Waals surface area contributed by atoms with Crippen molar-refractivity contribution in [3.63, 3.8) is 0 Å². The Morgan fingerprint density at radius 1 is 1.50 bits per heavy atom. The van der Waals surface area contributed by atoms with Crippen LogP contribution in [0.5, 0.6) is 0 Å². The molecule has 2 heterocycles. The van der Waals surface area contributed by atoms with Gasteiger partial charge in [0, 0.05) is 26.5 Å². The molecule has 0 bridgehead atoms. The fourth-order valence-corrected chi connectivity index (χ4v) is 1.86. The van der Waals surface area contributed by atoms with Gasteiger partial charge in [0.2, 0.25) is 0 Å². The van der Waals surface area contributed by atoms with Gasteiger partial charge in [-0.3, -0.25) is 4.79 Å². The number of amides is 1. The van der Waals surface area contributed by atoms with Gasteiger partial charge in [-0.1, -0.05) is 6.07 Å². The monoisotopic (exact) mass is 247 g/mol. The molecule has 0 atom stereocenters. The Labute approximate surface area is 106 Å². The third kappa shape index (κ3) is 2.51. The predicted molar refractivity (Wildman–Crippen MR) is 68.8 cm³/mol. The summed E-state index contributed by atoms with van der Waals surface area (Å²) >= 11 is 0. The molecule has 18 heavy (non-hydrogen) atoms. The number of imidazole rings is 1. The first-order valence-corrected chi connectivity index (χ1v) is 5.95. The van der Waals surface area contributed by atoms with Crippen molar-refractivity contribution in [1.82, 2.24) is 14.7 Å². The van der Waals surface area contributed by atoms with Crippen molar-refractivity contribution in [3.8, 4) is 0 Å². The van der Waals surface area contributed by atoms with Crippen LogP contribution in [0.4, 0.5) is 0 Å². The van der Waals surface area contributed by atoms with Crippen molar-refractivity contribution in [2.75, 3.05) is 20.3 Å². The average Bonchev–Trinajstić information content (AvgIpc) is 2.73. The van der Waals surface area contributed by atoms with E-state index >= 15 is 0 Å². The van der Waals surface area contributed by atoms with Crippen LogP contribution in [0.25, 0.3) is 5.52 Å². The molecule has 0 spiro atoms. The van der Waals surface area contributed by atoms with Crippen molar-refractivity contribution in [2.24, 2.45) is 0 Å². The van der Waals surface area contributed by atoms with Gasteiger partial charge in [-0.05, 0) is 25.5 Å². The summed E-state index contributed by atoms with van der Waals surface area (Å²) < 4.78 is 6.84. The number of aryl methyl sites for hydroxylation is 1. The molecule has 0 radical (unpaired) electrons. The van der Waals surface area contributed by atoms with Crippen LogP contribution in [0.2, 0.25) is 0 Å². The van der Waals surface area contributed by atoms with E-state index in [0.717, 1.165) is 17.8 Å². The molecule has 5 nitrogen and oxygen atoms in total. The molecule has 0 aliphatic heterocycles. The van der Waals surface area contributed by atoms with Gasteiger partial charge < -0.3 is 14.5 Å². The summed E-state index contributed by atoms with van der Waals surface area (Å²) in [6.45, 7) is 3.12. The number of rotatable bonds is 5. The third-order valence-corrected chi connectivity index (χ3v) is 2.75. The van der Waals surface area contributed by atoms with E-state index in [9.17, 15) is 4.79 Å². The molecule has 2 aromatic heterocycles. The Kier molecular flexibility index (Phi) is 3.94. The van der Waals surface area contributed by atoms with Crippen molar-refractivity contribution < 1.29 is 9.53 Å². The van der Waals surface area contributed by atoms with Crippen LogP contribution in [-0.4, -0.2) is 35.6 Å². The van der Waals surface area contributed by atoms with Crippen LogP contribution >= 0.6 is 0 Å². The molecule has 0 unspecified atom stereocenters. The minimum Gasteiger partial charge on any atom is -0.385 e. The number of fused-ring (bicyclic) bond motifs is 1. The number of nitrogens with one attached hydrogen (secondary N) is 1. The lowest BCUT2D eigenvalue weighted by Crippen LogP contribution is -2.25. The van der Waals surface area contributed by atoms with E-state index in [1.165, 1.54) is 0 Å². The number of carbonyl (C=O) groups excluding carboxylic acids is 1. The molecule has 0 saturated heterocycles. The second-order valence-corrected chi connectivity index (χ2v) is 4.07. The number of methoxy groups -OCH3 is 1. The molecule has 96 valence electrons. The largest absolute Gasteiger partial charge is 0.385 e. The summed E-state index contributed by atoms with van der Waals surface area (Å²) in [6, 6.07) is 5.71. The number of aromatic nitrogens is 2. The van der Waals surface area contributed by atoms with Crippen molar-refractivity contribution in [2.45, 2.75) is 13.3 Å². The lowest BCUT2D eigenvalue weighted by atomic mass is 10.3. The zero-order valence-corrected chi connectivity index (χ0v) is 10.6. The molecule has 1 N–H and O–H groups in total. The first-order valence-electron chi connectivity index (χ1n) is 5.95. The second kappa shape index (κ2) is 5.64. The number of ether oxygens (including phenoxy) is 1. The summed E-state index contributed by atoms with van der Waals surface area (Å²) in [5, 5.41) is 2.84. The van der Waals surface area contributed by atoms with E-state index in [1.54, 1.807) is 7.11 Å². The lowest BCUT2D eigenvalue weighted by Gasteiger charge is -2.02. The standard InChI is InChI=1S/C13H17N3O2/c1-10-15-12(11-6-3-4-8-16(10)11)13(17)14-7-5-9-18-2/h3-4,6,8H,5,7,9H2,1-2H3,(H,14,17). The van der Waals surface area contributed by atoms with Crippen LogP contribution in [0.3, 0.4) is 0 Å². The van der Waals surface area contributed by atoms with E-state index in [4.69, 9.17) is 4.74 Å². The molecular formula is C13H17N3O2. The maximum atomic E-state index is 12.0. The summed E-state index contributed by atoms with van der Waals surface area (Å²) in [7, 11) is 1.65. The second-order valence-electron chi connectivity index (χ2n) is 4.07. The highest BCUT2D eigenvalue weighted by Gasteiger charge is 2.14. The molecule has 2 aromatic rings. The molecule has 0 fully saturated rings. The number of hydrogen-bond donors (Lipinski definition) is 1. The fourth-order valence-electron chi connectivity index (χ4n) is 1.86. The van der Waals surface area contributed by atoms with E-state index in [0.29, 0.717) is 18.8 Å². The van der Waals surface area contributed by atoms with Crippen LogP contribution < -0.4 is 5.32 Å². The topological polar surface area (TPSA) is 55.6 Å². The zero-order valence-electron chi connectivity index (χ0n) is 10.6. The van der Waals surface area contributed by atoms with Gasteiger partial charge >= 0.3 is 0 Å². The maximum Gasteiger partial charge on any atom is 0.272 e. The van der Waals surface area contributed by atoms with Gasteiger partial charge in [-0.2, -0.15) is 0 Å².